The van der Waals surface area contributed by atoms with E-state index >= 15 is 0 Å². The van der Waals surface area contributed by atoms with Crippen LogP contribution in [0.15, 0.2) is 0 Å². The van der Waals surface area contributed by atoms with E-state index in [4.69, 9.17) is 0 Å². The number of rotatable bonds is 2. The molecule has 2 aliphatic rings. The molecule has 2 fully saturated rings. The number of nitrogens with one attached hydrogen (secondary N) is 1. The Bertz CT molecular complexity index is 360. The molecule has 0 aromatic heterocycles. The van der Waals surface area contributed by atoms with Crippen LogP contribution in [0.2, 0.25) is 0 Å². The first-order valence-corrected chi connectivity index (χ1v) is 7.32. The standard InChI is InChI=1S/C14H24N2O3/c1-10(11(2)17)16-12(18)14(15-13(16)19)8-6-4-3-5-7-9-14/h10-11,17H,3-9H2,1-2H3,(H,15,19). The summed E-state index contributed by atoms with van der Waals surface area (Å²) in [4.78, 5) is 25.9. The zero-order valence-electron chi connectivity index (χ0n) is 11.8. The van der Waals surface area contributed by atoms with Crippen LogP contribution in [0.5, 0.6) is 0 Å². The molecule has 0 aromatic carbocycles. The van der Waals surface area contributed by atoms with Gasteiger partial charge in [-0.3, -0.25) is 9.69 Å². The van der Waals surface area contributed by atoms with Gasteiger partial charge < -0.3 is 10.4 Å². The molecule has 3 amide bonds. The number of nitrogens with zero attached hydrogens (tertiary/aromatic N) is 1. The lowest BCUT2D eigenvalue weighted by Crippen LogP contribution is -2.49. The zero-order chi connectivity index (χ0) is 14.0. The minimum absolute atomic E-state index is 0.146. The van der Waals surface area contributed by atoms with Crippen LogP contribution in [-0.4, -0.2) is 39.6 Å². The van der Waals surface area contributed by atoms with E-state index in [0.29, 0.717) is 0 Å². The fraction of sp³-hybridized carbons (Fsp3) is 0.857. The van der Waals surface area contributed by atoms with E-state index in [2.05, 4.69) is 5.32 Å². The van der Waals surface area contributed by atoms with Gasteiger partial charge in [-0.05, 0) is 26.7 Å². The minimum atomic E-state index is -0.710. The molecule has 1 heterocycles. The van der Waals surface area contributed by atoms with Gasteiger partial charge in [-0.15, -0.1) is 0 Å². The molecule has 0 radical (unpaired) electrons. The van der Waals surface area contributed by atoms with Gasteiger partial charge in [0.25, 0.3) is 5.91 Å². The van der Waals surface area contributed by atoms with Gasteiger partial charge in [0, 0.05) is 0 Å². The lowest BCUT2D eigenvalue weighted by atomic mass is 9.83. The van der Waals surface area contributed by atoms with Crippen molar-refractivity contribution in [1.82, 2.24) is 10.2 Å². The topological polar surface area (TPSA) is 69.6 Å². The maximum Gasteiger partial charge on any atom is 0.325 e. The second-order valence-electron chi connectivity index (χ2n) is 5.94. The summed E-state index contributed by atoms with van der Waals surface area (Å²) < 4.78 is 0. The van der Waals surface area contributed by atoms with Gasteiger partial charge in [0.05, 0.1) is 12.1 Å². The van der Waals surface area contributed by atoms with Crippen molar-refractivity contribution < 1.29 is 14.7 Å². The van der Waals surface area contributed by atoms with E-state index < -0.39 is 17.7 Å². The highest BCUT2D eigenvalue weighted by Crippen LogP contribution is 2.33. The van der Waals surface area contributed by atoms with Gasteiger partial charge >= 0.3 is 6.03 Å². The van der Waals surface area contributed by atoms with Crippen LogP contribution in [-0.2, 0) is 4.79 Å². The molecule has 1 aliphatic carbocycles. The van der Waals surface area contributed by atoms with Crippen molar-refractivity contribution in [2.75, 3.05) is 0 Å². The Labute approximate surface area is 114 Å². The van der Waals surface area contributed by atoms with Gasteiger partial charge in [-0.1, -0.05) is 32.1 Å². The van der Waals surface area contributed by atoms with E-state index in [-0.39, 0.29) is 11.9 Å². The molecule has 5 nitrogen and oxygen atoms in total. The smallest absolute Gasteiger partial charge is 0.325 e. The van der Waals surface area contributed by atoms with E-state index in [1.807, 2.05) is 0 Å². The van der Waals surface area contributed by atoms with E-state index in [1.54, 1.807) is 13.8 Å². The Hall–Kier alpha value is -1.10. The summed E-state index contributed by atoms with van der Waals surface area (Å²) >= 11 is 0. The largest absolute Gasteiger partial charge is 0.391 e. The SMILES string of the molecule is CC(O)C(C)N1C(=O)NC2(CCCCCCC2)C1=O. The highest BCUT2D eigenvalue weighted by Gasteiger charge is 2.52. The quantitative estimate of drug-likeness (QED) is 0.750. The molecule has 2 N–H and O–H groups in total. The third-order valence-corrected chi connectivity index (χ3v) is 4.51. The third kappa shape index (κ3) is 2.61. The van der Waals surface area contributed by atoms with Crippen molar-refractivity contribution >= 4 is 11.9 Å². The van der Waals surface area contributed by atoms with Crippen LogP contribution in [0.3, 0.4) is 0 Å². The molecule has 5 heteroatoms. The molecule has 2 atom stereocenters. The van der Waals surface area contributed by atoms with Crippen molar-refractivity contribution in [3.05, 3.63) is 0 Å². The lowest BCUT2D eigenvalue weighted by Gasteiger charge is -2.30. The molecule has 1 saturated carbocycles. The first-order chi connectivity index (χ1) is 8.98. The maximum absolute atomic E-state index is 12.6. The van der Waals surface area contributed by atoms with E-state index in [1.165, 1.54) is 11.3 Å². The fourth-order valence-electron chi connectivity index (χ4n) is 3.07. The number of hydrogen-bond donors (Lipinski definition) is 2. The van der Waals surface area contributed by atoms with Crippen molar-refractivity contribution in [2.24, 2.45) is 0 Å². The van der Waals surface area contributed by atoms with Crippen LogP contribution >= 0.6 is 0 Å². The Kier molecular flexibility index (Phi) is 4.13. The molecular formula is C14H24N2O3. The second kappa shape index (κ2) is 5.49. The summed E-state index contributed by atoms with van der Waals surface area (Å²) in [5.74, 6) is -0.146. The number of aliphatic hydroxyl groups is 1. The first-order valence-electron chi connectivity index (χ1n) is 7.32. The molecular weight excluding hydrogens is 244 g/mol. The van der Waals surface area contributed by atoms with Crippen molar-refractivity contribution in [3.63, 3.8) is 0 Å². The molecule has 2 unspecified atom stereocenters. The van der Waals surface area contributed by atoms with E-state index in [0.717, 1.165) is 38.5 Å². The number of carbonyl (C=O) groups is 2. The highest BCUT2D eigenvalue weighted by molar-refractivity contribution is 6.07. The van der Waals surface area contributed by atoms with Crippen LogP contribution < -0.4 is 5.32 Å². The molecule has 1 spiro atoms. The highest BCUT2D eigenvalue weighted by atomic mass is 16.3. The summed E-state index contributed by atoms with van der Waals surface area (Å²) in [6, 6.07) is -0.823. The van der Waals surface area contributed by atoms with Crippen LogP contribution in [0, 0.1) is 0 Å². The number of aliphatic hydroxyl groups excluding tert-OH is 1. The lowest BCUT2D eigenvalue weighted by molar-refractivity contribution is -0.134. The Morgan fingerprint density at radius 1 is 1.11 bits per heavy atom. The molecule has 19 heavy (non-hydrogen) atoms. The zero-order valence-corrected chi connectivity index (χ0v) is 11.8. The number of urea groups is 1. The van der Waals surface area contributed by atoms with Gasteiger partial charge in [-0.2, -0.15) is 0 Å². The average molecular weight is 268 g/mol. The van der Waals surface area contributed by atoms with E-state index in [9.17, 15) is 14.7 Å². The third-order valence-electron chi connectivity index (χ3n) is 4.51. The van der Waals surface area contributed by atoms with Gasteiger partial charge in [0.15, 0.2) is 0 Å². The summed E-state index contributed by atoms with van der Waals surface area (Å²) in [6.07, 6.45) is 6.14. The molecule has 2 rings (SSSR count). The number of hydrogen-bond acceptors (Lipinski definition) is 3. The predicted octanol–water partition coefficient (Wildman–Crippen LogP) is 1.79. The summed E-state index contributed by atoms with van der Waals surface area (Å²) in [6.45, 7) is 3.32. The second-order valence-corrected chi connectivity index (χ2v) is 5.94. The van der Waals surface area contributed by atoms with Crippen molar-refractivity contribution in [3.8, 4) is 0 Å². The van der Waals surface area contributed by atoms with Crippen LogP contribution in [0.25, 0.3) is 0 Å². The molecule has 1 saturated heterocycles. The average Bonchev–Trinajstić information content (AvgIpc) is 2.56. The first kappa shape index (κ1) is 14.3. The van der Waals surface area contributed by atoms with Crippen LogP contribution in [0.4, 0.5) is 4.79 Å². The molecule has 1 aliphatic heterocycles. The van der Waals surface area contributed by atoms with Gasteiger partial charge in [0.2, 0.25) is 0 Å². The summed E-state index contributed by atoms with van der Waals surface area (Å²) in [5, 5.41) is 12.5. The monoisotopic (exact) mass is 268 g/mol. The number of carbonyl (C=O) groups excluding carboxylic acids is 2. The fourth-order valence-corrected chi connectivity index (χ4v) is 3.07. The summed E-state index contributed by atoms with van der Waals surface area (Å²) in [5.41, 5.74) is -0.708. The van der Waals surface area contributed by atoms with Crippen LogP contribution in [0.1, 0.15) is 58.8 Å². The summed E-state index contributed by atoms with van der Waals surface area (Å²) in [7, 11) is 0. The maximum atomic E-state index is 12.6. The molecule has 0 aromatic rings. The predicted molar refractivity (Wildman–Crippen MR) is 71.6 cm³/mol. The molecule has 0 bridgehead atoms. The van der Waals surface area contributed by atoms with Gasteiger partial charge in [0.1, 0.15) is 5.54 Å². The normalized spacial score (nSPS) is 26.8. The van der Waals surface area contributed by atoms with Gasteiger partial charge in [-0.25, -0.2) is 4.79 Å². The minimum Gasteiger partial charge on any atom is -0.391 e. The Morgan fingerprint density at radius 3 is 2.16 bits per heavy atom. The Balaban J connectivity index is 2.19. The number of amides is 3. The van der Waals surface area contributed by atoms with Crippen molar-refractivity contribution in [2.45, 2.75) is 76.5 Å². The van der Waals surface area contributed by atoms with Crippen molar-refractivity contribution in [1.29, 1.82) is 0 Å². The number of imide groups is 1. The Morgan fingerprint density at radius 2 is 1.63 bits per heavy atom. The molecule has 108 valence electrons.